The van der Waals surface area contributed by atoms with Gasteiger partial charge in [0.2, 0.25) is 0 Å². The topological polar surface area (TPSA) is 34.0 Å². The summed E-state index contributed by atoms with van der Waals surface area (Å²) in [5.74, 6) is 0. The first-order valence-electron chi connectivity index (χ1n) is 7.96. The number of benzene rings is 1. The van der Waals surface area contributed by atoms with Crippen LogP contribution in [-0.4, -0.2) is 19.7 Å². The van der Waals surface area contributed by atoms with Gasteiger partial charge in [-0.1, -0.05) is 35.9 Å². The largest absolute Gasteiger partial charge is 0.289 e. The van der Waals surface area contributed by atoms with Crippen LogP contribution in [-0.2, 0) is 26.7 Å². The number of aryl methyl sites for hydroxylation is 1. The smallest absolute Gasteiger partial charge is 0.0544 e. The van der Waals surface area contributed by atoms with E-state index in [0.717, 1.165) is 35.9 Å². The Hall–Kier alpha value is -2.17. The molecule has 124 valence electrons. The Morgan fingerprint density at radius 1 is 1.00 bits per heavy atom. The highest BCUT2D eigenvalue weighted by Gasteiger charge is 2.13. The molecule has 2 heterocycles. The van der Waals surface area contributed by atoms with E-state index in [0.29, 0.717) is 0 Å². The number of nitrogens with zero attached hydrogens (tertiary/aromatic N) is 4. The summed E-state index contributed by atoms with van der Waals surface area (Å²) in [5, 5.41) is 5.15. The number of aromatic nitrogens is 3. The summed E-state index contributed by atoms with van der Waals surface area (Å²) < 4.78 is 1.91. The standard InChI is InChI=1S/C19H21ClN4/c1-15-17(11-22-23(15)2)13-24(14-18-8-5-6-10-21-18)12-16-7-3-4-9-19(16)20/h3-11H,12-14H2,1-2H3. The summed E-state index contributed by atoms with van der Waals surface area (Å²) in [6.07, 6.45) is 3.77. The third kappa shape index (κ3) is 4.02. The lowest BCUT2D eigenvalue weighted by atomic mass is 10.1. The molecule has 0 atom stereocenters. The fraction of sp³-hybridized carbons (Fsp3) is 0.263. The lowest BCUT2D eigenvalue weighted by Gasteiger charge is -2.22. The Morgan fingerprint density at radius 2 is 1.75 bits per heavy atom. The molecule has 1 aromatic carbocycles. The predicted octanol–water partition coefficient (Wildman–Crippen LogP) is 3.98. The number of hydrogen-bond donors (Lipinski definition) is 0. The molecular weight excluding hydrogens is 320 g/mol. The summed E-state index contributed by atoms with van der Waals surface area (Å²) >= 11 is 6.35. The fourth-order valence-corrected chi connectivity index (χ4v) is 2.89. The zero-order valence-electron chi connectivity index (χ0n) is 14.0. The van der Waals surface area contributed by atoms with Crippen LogP contribution in [0.2, 0.25) is 5.02 Å². The van der Waals surface area contributed by atoms with Gasteiger partial charge in [-0.2, -0.15) is 5.10 Å². The molecular formula is C19H21ClN4. The summed E-state index contributed by atoms with van der Waals surface area (Å²) in [4.78, 5) is 6.80. The SMILES string of the molecule is Cc1c(CN(Cc2ccccn2)Cc2ccccc2Cl)cnn1C. The van der Waals surface area contributed by atoms with Crippen molar-refractivity contribution in [3.05, 3.63) is 82.4 Å². The van der Waals surface area contributed by atoms with Gasteiger partial charge in [0.25, 0.3) is 0 Å². The molecule has 4 nitrogen and oxygen atoms in total. The molecule has 0 fully saturated rings. The summed E-state index contributed by atoms with van der Waals surface area (Å²) in [6, 6.07) is 14.0. The molecule has 3 aromatic rings. The summed E-state index contributed by atoms with van der Waals surface area (Å²) in [5.41, 5.74) is 4.57. The molecule has 0 aliphatic carbocycles. The molecule has 5 heteroatoms. The number of rotatable bonds is 6. The van der Waals surface area contributed by atoms with Crippen LogP contribution in [0.25, 0.3) is 0 Å². The zero-order chi connectivity index (χ0) is 16.9. The highest BCUT2D eigenvalue weighted by molar-refractivity contribution is 6.31. The van der Waals surface area contributed by atoms with Crippen LogP contribution in [0.4, 0.5) is 0 Å². The Labute approximate surface area is 147 Å². The Morgan fingerprint density at radius 3 is 2.42 bits per heavy atom. The van der Waals surface area contributed by atoms with Crippen molar-refractivity contribution < 1.29 is 0 Å². The van der Waals surface area contributed by atoms with Gasteiger partial charge in [-0.25, -0.2) is 0 Å². The first-order chi connectivity index (χ1) is 11.6. The second kappa shape index (κ2) is 7.60. The van der Waals surface area contributed by atoms with Crippen molar-refractivity contribution in [3.63, 3.8) is 0 Å². The molecule has 0 radical (unpaired) electrons. The van der Waals surface area contributed by atoms with Crippen molar-refractivity contribution in [1.29, 1.82) is 0 Å². The molecule has 0 saturated carbocycles. The second-order valence-corrected chi connectivity index (χ2v) is 6.34. The van der Waals surface area contributed by atoms with Crippen LogP contribution in [0.3, 0.4) is 0 Å². The van der Waals surface area contributed by atoms with Gasteiger partial charge in [-0.3, -0.25) is 14.6 Å². The highest BCUT2D eigenvalue weighted by atomic mass is 35.5. The molecule has 0 N–H and O–H groups in total. The number of pyridine rings is 1. The fourth-order valence-electron chi connectivity index (χ4n) is 2.70. The lowest BCUT2D eigenvalue weighted by Crippen LogP contribution is -2.23. The monoisotopic (exact) mass is 340 g/mol. The molecule has 24 heavy (non-hydrogen) atoms. The van der Waals surface area contributed by atoms with Gasteiger partial charge >= 0.3 is 0 Å². The van der Waals surface area contributed by atoms with Gasteiger partial charge in [0.05, 0.1) is 11.9 Å². The Bertz CT molecular complexity index is 798. The van der Waals surface area contributed by atoms with E-state index in [1.165, 1.54) is 11.3 Å². The van der Waals surface area contributed by atoms with Crippen LogP contribution in [0.15, 0.2) is 54.9 Å². The normalized spacial score (nSPS) is 11.2. The highest BCUT2D eigenvalue weighted by Crippen LogP contribution is 2.20. The van der Waals surface area contributed by atoms with E-state index in [4.69, 9.17) is 11.6 Å². The van der Waals surface area contributed by atoms with E-state index < -0.39 is 0 Å². The van der Waals surface area contributed by atoms with Gasteiger partial charge in [0.15, 0.2) is 0 Å². The maximum absolute atomic E-state index is 6.35. The molecule has 0 saturated heterocycles. The van der Waals surface area contributed by atoms with Crippen LogP contribution < -0.4 is 0 Å². The molecule has 0 amide bonds. The van der Waals surface area contributed by atoms with Crippen molar-refractivity contribution in [3.8, 4) is 0 Å². The quantitative estimate of drug-likeness (QED) is 0.680. The van der Waals surface area contributed by atoms with E-state index in [2.05, 4.69) is 34.0 Å². The van der Waals surface area contributed by atoms with Crippen LogP contribution in [0, 0.1) is 6.92 Å². The average Bonchev–Trinajstić information content (AvgIpc) is 2.90. The van der Waals surface area contributed by atoms with E-state index >= 15 is 0 Å². The van der Waals surface area contributed by atoms with E-state index in [-0.39, 0.29) is 0 Å². The van der Waals surface area contributed by atoms with E-state index in [9.17, 15) is 0 Å². The lowest BCUT2D eigenvalue weighted by molar-refractivity contribution is 0.244. The van der Waals surface area contributed by atoms with Gasteiger partial charge in [0.1, 0.15) is 0 Å². The molecule has 0 unspecified atom stereocenters. The molecule has 0 spiro atoms. The third-order valence-corrected chi connectivity index (χ3v) is 4.56. The first kappa shape index (κ1) is 16.7. The third-order valence-electron chi connectivity index (χ3n) is 4.19. The summed E-state index contributed by atoms with van der Waals surface area (Å²) in [7, 11) is 1.97. The van der Waals surface area contributed by atoms with Crippen molar-refractivity contribution >= 4 is 11.6 Å². The van der Waals surface area contributed by atoms with Crippen LogP contribution in [0.5, 0.6) is 0 Å². The van der Waals surface area contributed by atoms with Crippen molar-refractivity contribution in [1.82, 2.24) is 19.7 Å². The maximum atomic E-state index is 6.35. The van der Waals surface area contributed by atoms with Gasteiger partial charge in [0, 0.05) is 49.2 Å². The zero-order valence-corrected chi connectivity index (χ0v) is 14.7. The Balaban J connectivity index is 1.83. The van der Waals surface area contributed by atoms with Gasteiger partial charge in [-0.05, 0) is 30.7 Å². The van der Waals surface area contributed by atoms with Crippen molar-refractivity contribution in [2.75, 3.05) is 0 Å². The second-order valence-electron chi connectivity index (χ2n) is 5.94. The molecule has 2 aromatic heterocycles. The average molecular weight is 341 g/mol. The number of hydrogen-bond acceptors (Lipinski definition) is 3. The van der Waals surface area contributed by atoms with E-state index in [1.54, 1.807) is 0 Å². The maximum Gasteiger partial charge on any atom is 0.0544 e. The van der Waals surface area contributed by atoms with Crippen molar-refractivity contribution in [2.45, 2.75) is 26.6 Å². The molecule has 0 bridgehead atoms. The molecule has 0 aliphatic rings. The minimum Gasteiger partial charge on any atom is -0.289 e. The predicted molar refractivity (Wildman–Crippen MR) is 96.6 cm³/mol. The first-order valence-corrected chi connectivity index (χ1v) is 8.34. The molecule has 3 rings (SSSR count). The number of halogens is 1. The van der Waals surface area contributed by atoms with Gasteiger partial charge < -0.3 is 0 Å². The van der Waals surface area contributed by atoms with Crippen LogP contribution in [0.1, 0.15) is 22.5 Å². The van der Waals surface area contributed by atoms with Crippen LogP contribution >= 0.6 is 11.6 Å². The minimum atomic E-state index is 0.764. The minimum absolute atomic E-state index is 0.764. The van der Waals surface area contributed by atoms with Gasteiger partial charge in [-0.15, -0.1) is 0 Å². The Kier molecular flexibility index (Phi) is 5.28. The van der Waals surface area contributed by atoms with Crippen molar-refractivity contribution in [2.24, 2.45) is 7.05 Å². The molecule has 0 aliphatic heterocycles. The van der Waals surface area contributed by atoms with E-state index in [1.807, 2.05) is 54.5 Å². The summed E-state index contributed by atoms with van der Waals surface area (Å²) in [6.45, 7) is 4.43.